The van der Waals surface area contributed by atoms with Gasteiger partial charge in [0.05, 0.1) is 6.61 Å². The van der Waals surface area contributed by atoms with Crippen LogP contribution in [-0.4, -0.2) is 28.7 Å². The second-order valence-corrected chi connectivity index (χ2v) is 8.80. The molecule has 0 unspecified atom stereocenters. The highest BCUT2D eigenvalue weighted by atomic mass is 16.6. The molecule has 150 valence electrons. The predicted molar refractivity (Wildman–Crippen MR) is 111 cm³/mol. The fraction of sp³-hybridized carbons (Fsp3) is 0.458. The zero-order valence-electron chi connectivity index (χ0n) is 17.5. The highest BCUT2D eigenvalue weighted by molar-refractivity contribution is 5.70. The lowest BCUT2D eigenvalue weighted by molar-refractivity contribution is -0.222. The Balaban J connectivity index is 2.01. The molecule has 1 amide bonds. The molecule has 28 heavy (non-hydrogen) atoms. The summed E-state index contributed by atoms with van der Waals surface area (Å²) in [6, 6.07) is 20.2. The van der Waals surface area contributed by atoms with Gasteiger partial charge in [0, 0.05) is 6.54 Å². The highest BCUT2D eigenvalue weighted by Crippen LogP contribution is 2.49. The quantitative estimate of drug-likeness (QED) is 0.678. The van der Waals surface area contributed by atoms with Crippen molar-refractivity contribution < 1.29 is 14.3 Å². The smallest absolute Gasteiger partial charge is 0.411 e. The Kier molecular flexibility index (Phi) is 5.80. The summed E-state index contributed by atoms with van der Waals surface area (Å²) >= 11 is 0. The Hall–Kier alpha value is -2.33. The van der Waals surface area contributed by atoms with Crippen LogP contribution in [-0.2, 0) is 16.0 Å². The molecule has 3 rings (SSSR count). The van der Waals surface area contributed by atoms with E-state index in [4.69, 9.17) is 9.47 Å². The third-order valence-corrected chi connectivity index (χ3v) is 5.34. The number of rotatable bonds is 5. The molecule has 1 aliphatic rings. The molecular weight excluding hydrogens is 350 g/mol. The fourth-order valence-electron chi connectivity index (χ4n) is 3.82. The Bertz CT molecular complexity index is 783. The average Bonchev–Trinajstić information content (AvgIpc) is 2.60. The summed E-state index contributed by atoms with van der Waals surface area (Å²) in [4.78, 5) is 15.2. The van der Waals surface area contributed by atoms with E-state index in [2.05, 4.69) is 26.0 Å². The van der Waals surface area contributed by atoms with Gasteiger partial charge in [0.1, 0.15) is 17.2 Å². The standard InChI is InChI=1S/C24H31NO3/c1-18(2)24(17-27-21(24)20-14-10-7-11-15-20)25(22(26)28-23(3,4)5)16-19-12-8-6-9-13-19/h6-15,18,21H,16-17H2,1-5H3/t21-,24-/m0/s1. The highest BCUT2D eigenvalue weighted by Gasteiger charge is 2.57. The molecule has 2 aromatic carbocycles. The molecular formula is C24H31NO3. The van der Waals surface area contributed by atoms with E-state index in [1.165, 1.54) is 0 Å². The summed E-state index contributed by atoms with van der Waals surface area (Å²) in [5, 5.41) is 0. The van der Waals surface area contributed by atoms with Crippen molar-refractivity contribution in [1.82, 2.24) is 4.90 Å². The van der Waals surface area contributed by atoms with Crippen LogP contribution < -0.4 is 0 Å². The zero-order chi connectivity index (χ0) is 20.4. The Morgan fingerprint density at radius 2 is 1.68 bits per heavy atom. The third kappa shape index (κ3) is 4.07. The first-order valence-corrected chi connectivity index (χ1v) is 9.95. The minimum atomic E-state index is -0.558. The molecule has 1 fully saturated rings. The maximum atomic E-state index is 13.3. The molecule has 0 N–H and O–H groups in total. The number of amides is 1. The first kappa shape index (κ1) is 20.4. The summed E-state index contributed by atoms with van der Waals surface area (Å²) in [6.45, 7) is 11.0. The molecule has 4 heteroatoms. The Labute approximate surface area is 168 Å². The summed E-state index contributed by atoms with van der Waals surface area (Å²) in [5.41, 5.74) is 1.15. The second-order valence-electron chi connectivity index (χ2n) is 8.80. The number of benzene rings is 2. The first-order chi connectivity index (χ1) is 13.2. The number of hydrogen-bond acceptors (Lipinski definition) is 3. The molecule has 0 radical (unpaired) electrons. The molecule has 0 saturated carbocycles. The maximum absolute atomic E-state index is 13.3. The van der Waals surface area contributed by atoms with Crippen molar-refractivity contribution in [2.75, 3.05) is 6.61 Å². The number of carbonyl (C=O) groups is 1. The topological polar surface area (TPSA) is 38.8 Å². The lowest BCUT2D eigenvalue weighted by Crippen LogP contribution is -2.68. The molecule has 2 aromatic rings. The van der Waals surface area contributed by atoms with Crippen LogP contribution in [0.2, 0.25) is 0 Å². The van der Waals surface area contributed by atoms with Gasteiger partial charge < -0.3 is 9.47 Å². The summed E-state index contributed by atoms with van der Waals surface area (Å²) in [5.74, 6) is 0.197. The Morgan fingerprint density at radius 3 is 2.14 bits per heavy atom. The molecule has 0 aliphatic carbocycles. The van der Waals surface area contributed by atoms with Crippen molar-refractivity contribution in [3.8, 4) is 0 Å². The molecule has 4 nitrogen and oxygen atoms in total. The van der Waals surface area contributed by atoms with Gasteiger partial charge >= 0.3 is 6.09 Å². The summed E-state index contributed by atoms with van der Waals surface area (Å²) < 4.78 is 11.9. The SMILES string of the molecule is CC(C)[C@@]1(N(Cc2ccccc2)C(=O)OC(C)(C)C)CO[C@H]1c1ccccc1. The molecule has 1 saturated heterocycles. The summed E-state index contributed by atoms with van der Waals surface area (Å²) in [7, 11) is 0. The van der Waals surface area contributed by atoms with Gasteiger partial charge in [0.25, 0.3) is 0 Å². The van der Waals surface area contributed by atoms with Crippen molar-refractivity contribution in [2.45, 2.75) is 58.4 Å². The molecule has 0 spiro atoms. The molecule has 0 bridgehead atoms. The molecule has 0 aromatic heterocycles. The van der Waals surface area contributed by atoms with E-state index in [1.54, 1.807) is 0 Å². The number of nitrogens with zero attached hydrogens (tertiary/aromatic N) is 1. The van der Waals surface area contributed by atoms with Crippen LogP contribution in [0.5, 0.6) is 0 Å². The predicted octanol–water partition coefficient (Wildman–Crippen LogP) is 5.59. The summed E-state index contributed by atoms with van der Waals surface area (Å²) in [6.07, 6.45) is -0.473. The lowest BCUT2D eigenvalue weighted by Gasteiger charge is -2.57. The van der Waals surface area contributed by atoms with Crippen LogP contribution in [0.25, 0.3) is 0 Å². The van der Waals surface area contributed by atoms with Crippen LogP contribution in [0.15, 0.2) is 60.7 Å². The second kappa shape index (κ2) is 7.96. The van der Waals surface area contributed by atoms with Crippen molar-refractivity contribution >= 4 is 6.09 Å². The minimum Gasteiger partial charge on any atom is -0.444 e. The third-order valence-electron chi connectivity index (χ3n) is 5.34. The molecule has 2 atom stereocenters. The van der Waals surface area contributed by atoms with Gasteiger partial charge in [0.2, 0.25) is 0 Å². The van der Waals surface area contributed by atoms with Crippen molar-refractivity contribution in [3.05, 3.63) is 71.8 Å². The monoisotopic (exact) mass is 381 g/mol. The first-order valence-electron chi connectivity index (χ1n) is 9.95. The van der Waals surface area contributed by atoms with E-state index in [9.17, 15) is 4.79 Å². The number of ether oxygens (including phenoxy) is 2. The van der Waals surface area contributed by atoms with Gasteiger partial charge in [-0.1, -0.05) is 74.5 Å². The largest absolute Gasteiger partial charge is 0.444 e. The number of carbonyl (C=O) groups excluding carboxylic acids is 1. The Morgan fingerprint density at radius 1 is 1.11 bits per heavy atom. The number of hydrogen-bond donors (Lipinski definition) is 0. The van der Waals surface area contributed by atoms with E-state index in [0.717, 1.165) is 11.1 Å². The van der Waals surface area contributed by atoms with E-state index in [0.29, 0.717) is 13.2 Å². The fourth-order valence-corrected chi connectivity index (χ4v) is 3.82. The van der Waals surface area contributed by atoms with Crippen molar-refractivity contribution in [1.29, 1.82) is 0 Å². The van der Waals surface area contributed by atoms with Gasteiger partial charge in [-0.15, -0.1) is 0 Å². The maximum Gasteiger partial charge on any atom is 0.411 e. The van der Waals surface area contributed by atoms with Crippen molar-refractivity contribution in [3.63, 3.8) is 0 Å². The van der Waals surface area contributed by atoms with Crippen LogP contribution in [0.1, 0.15) is 51.8 Å². The normalized spacial score (nSPS) is 21.9. The van der Waals surface area contributed by atoms with Crippen LogP contribution in [0.3, 0.4) is 0 Å². The molecule has 1 heterocycles. The van der Waals surface area contributed by atoms with E-state index < -0.39 is 11.1 Å². The van der Waals surface area contributed by atoms with Crippen LogP contribution in [0, 0.1) is 5.92 Å². The van der Waals surface area contributed by atoms with E-state index in [1.807, 2.05) is 74.2 Å². The van der Waals surface area contributed by atoms with Gasteiger partial charge in [-0.3, -0.25) is 4.90 Å². The molecule has 1 aliphatic heterocycles. The zero-order valence-corrected chi connectivity index (χ0v) is 17.5. The lowest BCUT2D eigenvalue weighted by atomic mass is 9.73. The van der Waals surface area contributed by atoms with Gasteiger partial charge in [-0.25, -0.2) is 4.79 Å². The van der Waals surface area contributed by atoms with Gasteiger partial charge in [0.15, 0.2) is 0 Å². The van der Waals surface area contributed by atoms with E-state index >= 15 is 0 Å². The van der Waals surface area contributed by atoms with E-state index in [-0.39, 0.29) is 18.1 Å². The average molecular weight is 382 g/mol. The van der Waals surface area contributed by atoms with Gasteiger partial charge in [-0.05, 0) is 37.8 Å². The van der Waals surface area contributed by atoms with Crippen LogP contribution >= 0.6 is 0 Å². The van der Waals surface area contributed by atoms with Gasteiger partial charge in [-0.2, -0.15) is 0 Å². The minimum absolute atomic E-state index is 0.176. The van der Waals surface area contributed by atoms with Crippen LogP contribution in [0.4, 0.5) is 4.79 Å². The van der Waals surface area contributed by atoms with Crippen molar-refractivity contribution in [2.24, 2.45) is 5.92 Å².